The molecule has 0 bridgehead atoms. The van der Waals surface area contributed by atoms with Gasteiger partial charge in [0.05, 0.1) is 86.6 Å². The molecule has 5 aliphatic rings. The average molecular weight is 2070 g/mol. The molecule has 0 spiro atoms. The van der Waals surface area contributed by atoms with Crippen LogP contribution in [0, 0.1) is 13.8 Å². The van der Waals surface area contributed by atoms with Crippen molar-refractivity contribution in [2.75, 3.05) is 140 Å². The summed E-state index contributed by atoms with van der Waals surface area (Å²) in [6.07, 6.45) is 4.61. The van der Waals surface area contributed by atoms with Crippen LogP contribution in [0.3, 0.4) is 0 Å². The van der Waals surface area contributed by atoms with E-state index in [4.69, 9.17) is 133 Å². The summed E-state index contributed by atoms with van der Waals surface area (Å²) in [5.74, 6) is 4.91. The summed E-state index contributed by atoms with van der Waals surface area (Å²) in [7, 11) is 0. The number of aliphatic hydroxyl groups excluding tert-OH is 4. The maximum Gasteiger partial charge on any atom is 0.410 e. The molecular formula is C95H124Br2Cl6N10O18. The quantitative estimate of drug-likeness (QED) is 0.0386. The van der Waals surface area contributed by atoms with Crippen LogP contribution in [0.4, 0.5) is 33.1 Å². The minimum atomic E-state index is -0.572. The third kappa shape index (κ3) is 36.9. The number of amides is 2. The first-order valence-electron chi connectivity index (χ1n) is 43.6. The van der Waals surface area contributed by atoms with Gasteiger partial charge in [-0.05, 0) is 228 Å². The number of aromatic nitrogens is 4. The molecule has 131 heavy (non-hydrogen) atoms. The fourth-order valence-electron chi connectivity index (χ4n) is 14.1. The van der Waals surface area contributed by atoms with E-state index in [1.165, 1.54) is 6.42 Å². The Bertz CT molecular complexity index is 4750. The first kappa shape index (κ1) is 109. The number of nitrogen functional groups attached to an aromatic ring is 2. The number of nitrogens with two attached hydrogens (primary N) is 2. The fraction of sp³-hybridized carbons (Fsp3) is 0.505. The third-order valence-electron chi connectivity index (χ3n) is 20.1. The lowest BCUT2D eigenvalue weighted by Crippen LogP contribution is -2.40. The van der Waals surface area contributed by atoms with Crippen molar-refractivity contribution in [3.63, 3.8) is 0 Å². The third-order valence-corrected chi connectivity index (χ3v) is 23.1. The predicted molar refractivity (Wildman–Crippen MR) is 521 cm³/mol. The summed E-state index contributed by atoms with van der Waals surface area (Å²) in [5, 5.41) is 40.7. The summed E-state index contributed by atoms with van der Waals surface area (Å²) < 4.78 is 63.4. The number of aliphatic hydroxyl groups is 4. The average Bonchev–Trinajstić information content (AvgIpc) is 1.37. The van der Waals surface area contributed by atoms with Gasteiger partial charge in [-0.15, -0.1) is 0 Å². The lowest BCUT2D eigenvalue weighted by molar-refractivity contribution is 0.0110. The summed E-state index contributed by atoms with van der Waals surface area (Å²) >= 11 is 44.6. The molecule has 6 aromatic carbocycles. The Morgan fingerprint density at radius 3 is 1.08 bits per heavy atom. The molecule has 28 nitrogen and oxygen atoms in total. The number of anilines is 4. The normalized spacial score (nSPS) is 18.8. The van der Waals surface area contributed by atoms with E-state index in [9.17, 15) is 34.8 Å². The second kappa shape index (κ2) is 54.2. The van der Waals surface area contributed by atoms with E-state index in [1.807, 2.05) is 134 Å². The van der Waals surface area contributed by atoms with E-state index < -0.39 is 35.6 Å². The Kier molecular flexibility index (Phi) is 45.0. The lowest BCUT2D eigenvalue weighted by Gasteiger charge is -2.32. The van der Waals surface area contributed by atoms with Crippen molar-refractivity contribution in [1.29, 1.82) is 0 Å². The van der Waals surface area contributed by atoms with Gasteiger partial charge in [0, 0.05) is 128 Å². The summed E-state index contributed by atoms with van der Waals surface area (Å²) in [5.41, 5.74) is 17.4. The maximum atomic E-state index is 12.7. The van der Waals surface area contributed by atoms with Crippen molar-refractivity contribution in [2.45, 2.75) is 194 Å². The van der Waals surface area contributed by atoms with Crippen LogP contribution in [-0.4, -0.2) is 223 Å². The summed E-state index contributed by atoms with van der Waals surface area (Å²) in [6, 6.07) is 36.0. The predicted octanol–water partition coefficient (Wildman–Crippen LogP) is 20.4. The highest BCUT2D eigenvalue weighted by Crippen LogP contribution is 2.41. The minimum Gasteiger partial charge on any atom is -0.491 e. The number of ether oxygens (including phenoxy) is 11. The number of rotatable bonds is 20. The summed E-state index contributed by atoms with van der Waals surface area (Å²) in [4.78, 5) is 60.3. The Morgan fingerprint density at radius 1 is 0.427 bits per heavy atom. The highest BCUT2D eigenvalue weighted by atomic mass is 79.9. The van der Waals surface area contributed by atoms with E-state index in [0.29, 0.717) is 126 Å². The Morgan fingerprint density at radius 2 is 0.740 bits per heavy atom. The second-order valence-corrected chi connectivity index (χ2v) is 38.3. The van der Waals surface area contributed by atoms with E-state index in [-0.39, 0.29) is 74.7 Å². The van der Waals surface area contributed by atoms with Gasteiger partial charge in [-0.2, -0.15) is 9.97 Å². The van der Waals surface area contributed by atoms with Crippen LogP contribution in [0.25, 0.3) is 0 Å². The van der Waals surface area contributed by atoms with Crippen LogP contribution < -0.4 is 40.2 Å². The largest absolute Gasteiger partial charge is 0.491 e. The Balaban J connectivity index is 0.000000197. The van der Waals surface area contributed by atoms with Gasteiger partial charge in [0.2, 0.25) is 11.9 Å². The number of halogens is 8. The highest BCUT2D eigenvalue weighted by molar-refractivity contribution is 9.10. The van der Waals surface area contributed by atoms with E-state index >= 15 is 0 Å². The van der Waals surface area contributed by atoms with Gasteiger partial charge in [-0.1, -0.05) is 138 Å². The molecule has 5 saturated heterocycles. The lowest BCUT2D eigenvalue weighted by atomic mass is 9.95. The number of aryl methyl sites for hydroxylation is 2. The smallest absolute Gasteiger partial charge is 0.410 e. The van der Waals surface area contributed by atoms with Crippen LogP contribution in [0.15, 0.2) is 130 Å². The van der Waals surface area contributed by atoms with Gasteiger partial charge in [0.25, 0.3) is 0 Å². The maximum absolute atomic E-state index is 12.7. The topological polar surface area (TPSA) is 350 Å². The van der Waals surface area contributed by atoms with Gasteiger partial charge in [-0.25, -0.2) is 19.6 Å². The van der Waals surface area contributed by atoms with E-state index in [0.717, 1.165) is 136 Å². The first-order chi connectivity index (χ1) is 62.2. The zero-order valence-electron chi connectivity index (χ0n) is 76.3. The Hall–Kier alpha value is -7.57. The molecule has 9 atom stereocenters. The molecule has 7 heterocycles. The van der Waals surface area contributed by atoms with Gasteiger partial charge in [0.1, 0.15) is 72.3 Å². The van der Waals surface area contributed by atoms with E-state index in [2.05, 4.69) is 61.6 Å². The first-order valence-corrected chi connectivity index (χ1v) is 47.5. The van der Waals surface area contributed by atoms with Crippen molar-refractivity contribution in [3.05, 3.63) is 205 Å². The molecule has 0 radical (unpaired) electrons. The number of aldehydes is 1. The second-order valence-electron chi connectivity index (χ2n) is 34.1. The molecule has 5 fully saturated rings. The summed E-state index contributed by atoms with van der Waals surface area (Å²) in [6.45, 7) is 31.1. The number of carbonyl (C=O) groups is 3. The van der Waals surface area contributed by atoms with Crippen molar-refractivity contribution in [2.24, 2.45) is 0 Å². The molecule has 0 saturated carbocycles. The number of carbonyl (C=O) groups excluding carboxylic acids is 3. The molecular weight excluding hydrogens is 1940 g/mol. The highest BCUT2D eigenvalue weighted by Gasteiger charge is 2.36. The van der Waals surface area contributed by atoms with Gasteiger partial charge in [-0.3, -0.25) is 14.6 Å². The van der Waals surface area contributed by atoms with Crippen LogP contribution in [0.5, 0.6) is 23.0 Å². The van der Waals surface area contributed by atoms with Crippen LogP contribution in [0.1, 0.15) is 194 Å². The number of hydrogen-bond acceptors (Lipinski definition) is 26. The molecule has 2 amide bonds. The number of nitrogens with zero attached hydrogens (tertiary/aromatic N) is 8. The van der Waals surface area contributed by atoms with Crippen molar-refractivity contribution in [1.82, 2.24) is 29.7 Å². The van der Waals surface area contributed by atoms with Crippen LogP contribution in [0.2, 0.25) is 30.1 Å². The molecule has 5 aliphatic heterocycles. The number of hydrogen-bond donors (Lipinski definition) is 6. The molecule has 8 aromatic rings. The minimum absolute atomic E-state index is 0.0977. The van der Waals surface area contributed by atoms with Crippen molar-refractivity contribution < 1.29 is 86.9 Å². The van der Waals surface area contributed by atoms with Crippen molar-refractivity contribution >= 4 is 143 Å². The van der Waals surface area contributed by atoms with Gasteiger partial charge >= 0.3 is 12.2 Å². The molecule has 36 heteroatoms. The van der Waals surface area contributed by atoms with Gasteiger partial charge in [0.15, 0.2) is 6.29 Å². The number of benzene rings is 6. The molecule has 0 aliphatic carbocycles. The van der Waals surface area contributed by atoms with E-state index in [1.54, 1.807) is 80.0 Å². The fourth-order valence-corrected chi connectivity index (χ4v) is 16.9. The standard InChI is InChI=1S/2C19H25ClN4O3.C19H28ClNO5.C16H21BrClNO3.C15H21ClO3.C7H4BrClO/c2*1-12-8-18(23-19(21)22-12)24-6-3-7-26-11-17(24)15-5-4-14(9-16(15)20)27-10-13(2)25;1-13(22)11-25-14-6-7-15(16(20)10-14)17-12-24-9-5-8-21(17)18(23)26-19(2,3)4;1-16(2,3)22-15(20)19-7-4-8-21-10-14(19)12-6-5-11(17)9-13(12)18;1-11(17)9-19-13-5-6-14(15(16)8-13)12-4-2-3-7-18-10-12;8-6-2-1-5(4-10)7(9)3-6/h2*4-5,8-9,13,17,25H,3,6-7,10-11H2,1-2H3,(H2,21,22,23);6-7,10,13,17,22H,5,8-9,11-12H2,1-4H3;5-6,9,14H,4,7-8,10H2,1-3H3;5-6,8,11-12,17H,2-4,7,9-10H2,1H3;1-4H/t13-,17?;13-,17+;13-,17?;;11-,12?;/m111.1./s1. The zero-order chi connectivity index (χ0) is 95.7. The molecule has 2 aromatic heterocycles. The Labute approximate surface area is 816 Å². The zero-order valence-corrected chi connectivity index (χ0v) is 84.0. The molecule has 13 rings (SSSR count). The molecule has 4 unspecified atom stereocenters. The SMILES string of the molecule is CC(C)(C)OC(=O)N1CCCOCC1c1ccc(Br)cc1Cl.C[C@@H](O)COc1ccc(C2CCCCOC2)c(Cl)c1.C[C@@H](O)COc1ccc(C2COCCCN2C(=O)OC(C)(C)C)c(Cl)c1.Cc1cc(N2CCCOCC2c2ccc(OC[C@@H](C)O)cc2Cl)nc(N)n1.Cc1cc(N2CCCOC[C@H]2c2ccc(OC[C@@H](C)O)cc2Cl)nc(N)n1.O=Cc1ccc(Br)cc1Cl. The van der Waals surface area contributed by atoms with Crippen LogP contribution >= 0.6 is 101 Å². The molecule has 8 N–H and O–H groups in total. The van der Waals surface area contributed by atoms with Gasteiger partial charge < -0.3 is 93.8 Å². The van der Waals surface area contributed by atoms with Crippen LogP contribution in [-0.2, 0) is 33.2 Å². The van der Waals surface area contributed by atoms with Crippen molar-refractivity contribution in [3.8, 4) is 23.0 Å². The molecule has 718 valence electrons. The monoisotopic (exact) mass is 2060 g/mol.